The Hall–Kier alpha value is -2.76. The van der Waals surface area contributed by atoms with Crippen molar-refractivity contribution in [3.05, 3.63) is 53.7 Å². The highest BCUT2D eigenvalue weighted by atomic mass is 16.5. The fourth-order valence-electron chi connectivity index (χ4n) is 3.34. The molecule has 6 nitrogen and oxygen atoms in total. The van der Waals surface area contributed by atoms with Gasteiger partial charge in [-0.25, -0.2) is 9.78 Å². The van der Waals surface area contributed by atoms with Crippen molar-refractivity contribution in [2.24, 2.45) is 0 Å². The van der Waals surface area contributed by atoms with Gasteiger partial charge in [-0.3, -0.25) is 0 Å². The maximum atomic E-state index is 12.5. The van der Waals surface area contributed by atoms with Crippen molar-refractivity contribution in [1.29, 1.82) is 0 Å². The van der Waals surface area contributed by atoms with Gasteiger partial charge in [0.05, 0.1) is 6.61 Å². The van der Waals surface area contributed by atoms with E-state index >= 15 is 0 Å². The smallest absolute Gasteiger partial charge is 0.317 e. The van der Waals surface area contributed by atoms with Gasteiger partial charge in [0.2, 0.25) is 5.88 Å². The second-order valence-electron chi connectivity index (χ2n) is 6.77. The molecule has 3 rings (SSSR count). The van der Waals surface area contributed by atoms with E-state index in [9.17, 15) is 4.79 Å². The van der Waals surface area contributed by atoms with Crippen LogP contribution in [0.5, 0.6) is 5.88 Å². The highest BCUT2D eigenvalue weighted by Gasteiger charge is 2.17. The van der Waals surface area contributed by atoms with Crippen molar-refractivity contribution in [3.63, 3.8) is 0 Å². The number of rotatable bonds is 7. The summed E-state index contributed by atoms with van der Waals surface area (Å²) in [4.78, 5) is 20.8. The van der Waals surface area contributed by atoms with E-state index in [4.69, 9.17) is 4.74 Å². The van der Waals surface area contributed by atoms with Crippen LogP contribution in [-0.4, -0.2) is 42.7 Å². The Balaban J connectivity index is 1.57. The molecule has 0 aliphatic carbocycles. The summed E-state index contributed by atoms with van der Waals surface area (Å²) >= 11 is 0. The zero-order valence-corrected chi connectivity index (χ0v) is 16.1. The zero-order chi connectivity index (χ0) is 19.1. The van der Waals surface area contributed by atoms with Gasteiger partial charge in [-0.1, -0.05) is 18.2 Å². The molecule has 0 unspecified atom stereocenters. The molecule has 6 heteroatoms. The quantitative estimate of drug-likeness (QED) is 0.814. The summed E-state index contributed by atoms with van der Waals surface area (Å²) in [5.41, 5.74) is 3.39. The first-order valence-corrected chi connectivity index (χ1v) is 9.57. The van der Waals surface area contributed by atoms with Crippen molar-refractivity contribution < 1.29 is 9.53 Å². The number of hydrogen-bond acceptors (Lipinski definition) is 4. The van der Waals surface area contributed by atoms with E-state index in [1.54, 1.807) is 11.1 Å². The van der Waals surface area contributed by atoms with Crippen LogP contribution < -0.4 is 15.0 Å². The number of nitrogens with one attached hydrogen (secondary N) is 1. The fourth-order valence-corrected chi connectivity index (χ4v) is 3.34. The van der Waals surface area contributed by atoms with E-state index in [0.717, 1.165) is 18.7 Å². The monoisotopic (exact) mass is 368 g/mol. The number of hydrogen-bond donors (Lipinski definition) is 1. The number of carbonyl (C=O) groups is 1. The Bertz CT molecular complexity index is 759. The molecule has 0 atom stereocenters. The minimum Gasteiger partial charge on any atom is -0.478 e. The van der Waals surface area contributed by atoms with Gasteiger partial charge in [0.1, 0.15) is 0 Å². The highest BCUT2D eigenvalue weighted by molar-refractivity contribution is 5.74. The van der Waals surface area contributed by atoms with Crippen molar-refractivity contribution in [2.45, 2.75) is 32.9 Å². The lowest BCUT2D eigenvalue weighted by atomic mass is 10.1. The third-order valence-corrected chi connectivity index (χ3v) is 4.73. The van der Waals surface area contributed by atoms with E-state index < -0.39 is 0 Å². The number of urea groups is 1. The van der Waals surface area contributed by atoms with Gasteiger partial charge in [0.25, 0.3) is 0 Å². The molecule has 0 radical (unpaired) electrons. The molecule has 0 spiro atoms. The molecule has 1 aliphatic heterocycles. The van der Waals surface area contributed by atoms with Gasteiger partial charge in [-0.05, 0) is 43.0 Å². The summed E-state index contributed by atoms with van der Waals surface area (Å²) in [6.45, 7) is 5.71. The lowest BCUT2D eigenvalue weighted by Gasteiger charge is -2.24. The van der Waals surface area contributed by atoms with Crippen molar-refractivity contribution in [2.75, 3.05) is 31.6 Å². The summed E-state index contributed by atoms with van der Waals surface area (Å²) in [5.74, 6) is 0.581. The molecule has 2 amide bonds. The molecular weight excluding hydrogens is 340 g/mol. The van der Waals surface area contributed by atoms with Gasteiger partial charge in [0, 0.05) is 51.2 Å². The lowest BCUT2D eigenvalue weighted by Crippen LogP contribution is -2.36. The average molecular weight is 368 g/mol. The molecule has 1 N–H and O–H groups in total. The molecule has 0 bridgehead atoms. The summed E-state index contributed by atoms with van der Waals surface area (Å²) < 4.78 is 5.40. The van der Waals surface area contributed by atoms with Crippen LogP contribution in [0, 0.1) is 0 Å². The summed E-state index contributed by atoms with van der Waals surface area (Å²) in [7, 11) is 1.83. The molecule has 1 saturated heterocycles. The Morgan fingerprint density at radius 1 is 1.26 bits per heavy atom. The number of pyridine rings is 1. The first-order valence-electron chi connectivity index (χ1n) is 9.57. The maximum absolute atomic E-state index is 12.5. The molecule has 2 heterocycles. The SMILES string of the molecule is CCOc1cc(CNC(=O)N(C)Cc2ccccc2N2CCCC2)ccn1. The van der Waals surface area contributed by atoms with E-state index in [-0.39, 0.29) is 6.03 Å². The van der Waals surface area contributed by atoms with Crippen LogP contribution >= 0.6 is 0 Å². The van der Waals surface area contributed by atoms with Gasteiger partial charge in [-0.2, -0.15) is 0 Å². The summed E-state index contributed by atoms with van der Waals surface area (Å²) in [6, 6.07) is 12.0. The Morgan fingerprint density at radius 3 is 2.81 bits per heavy atom. The van der Waals surface area contributed by atoms with E-state index in [1.807, 2.05) is 32.2 Å². The Labute approximate surface area is 161 Å². The van der Waals surface area contributed by atoms with Crippen LogP contribution in [0.4, 0.5) is 10.5 Å². The third-order valence-electron chi connectivity index (χ3n) is 4.73. The molecule has 2 aromatic rings. The standard InChI is InChI=1S/C21H28N4O2/c1-3-27-20-14-17(10-11-22-20)15-23-21(26)24(2)16-18-8-4-5-9-19(18)25-12-6-7-13-25/h4-5,8-11,14H,3,6-7,12-13,15-16H2,1-2H3,(H,23,26). The van der Waals surface area contributed by atoms with Crippen LogP contribution in [0.2, 0.25) is 0 Å². The van der Waals surface area contributed by atoms with Crippen molar-refractivity contribution in [3.8, 4) is 5.88 Å². The number of anilines is 1. The minimum atomic E-state index is -0.0963. The topological polar surface area (TPSA) is 57.7 Å². The number of benzene rings is 1. The van der Waals surface area contributed by atoms with Crippen LogP contribution in [0.3, 0.4) is 0 Å². The Morgan fingerprint density at radius 2 is 2.04 bits per heavy atom. The minimum absolute atomic E-state index is 0.0963. The number of amides is 2. The summed E-state index contributed by atoms with van der Waals surface area (Å²) in [5, 5.41) is 2.97. The Kier molecular flexibility index (Phi) is 6.52. The molecule has 1 fully saturated rings. The van der Waals surface area contributed by atoms with Crippen LogP contribution in [0.15, 0.2) is 42.6 Å². The van der Waals surface area contributed by atoms with E-state index in [2.05, 4.69) is 33.4 Å². The molecule has 144 valence electrons. The molecule has 0 saturated carbocycles. The van der Waals surface area contributed by atoms with Gasteiger partial charge in [0.15, 0.2) is 0 Å². The molecule has 1 aromatic heterocycles. The van der Waals surface area contributed by atoms with Crippen LogP contribution in [-0.2, 0) is 13.1 Å². The first kappa shape index (κ1) is 19.0. The molecular formula is C21H28N4O2. The normalized spacial score (nSPS) is 13.5. The maximum Gasteiger partial charge on any atom is 0.317 e. The second kappa shape index (κ2) is 9.26. The number of carbonyl (C=O) groups excluding carboxylic acids is 1. The van der Waals surface area contributed by atoms with Gasteiger partial charge in [-0.15, -0.1) is 0 Å². The van der Waals surface area contributed by atoms with Crippen molar-refractivity contribution >= 4 is 11.7 Å². The lowest BCUT2D eigenvalue weighted by molar-refractivity contribution is 0.206. The number of nitrogens with zero attached hydrogens (tertiary/aromatic N) is 3. The van der Waals surface area contributed by atoms with Gasteiger partial charge < -0.3 is 19.9 Å². The summed E-state index contributed by atoms with van der Waals surface area (Å²) in [6.07, 6.45) is 4.17. The van der Waals surface area contributed by atoms with Gasteiger partial charge >= 0.3 is 6.03 Å². The van der Waals surface area contributed by atoms with Crippen LogP contribution in [0.25, 0.3) is 0 Å². The first-order chi connectivity index (χ1) is 13.2. The second-order valence-corrected chi connectivity index (χ2v) is 6.77. The predicted molar refractivity (Wildman–Crippen MR) is 107 cm³/mol. The van der Waals surface area contributed by atoms with Crippen LogP contribution in [0.1, 0.15) is 30.9 Å². The number of para-hydroxylation sites is 1. The number of ether oxygens (including phenoxy) is 1. The number of aromatic nitrogens is 1. The van der Waals surface area contributed by atoms with Crippen molar-refractivity contribution in [1.82, 2.24) is 15.2 Å². The highest BCUT2D eigenvalue weighted by Crippen LogP contribution is 2.25. The molecule has 1 aromatic carbocycles. The predicted octanol–water partition coefficient (Wildman–Crippen LogP) is 3.42. The molecule has 27 heavy (non-hydrogen) atoms. The van der Waals surface area contributed by atoms with E-state index in [0.29, 0.717) is 25.6 Å². The third kappa shape index (κ3) is 5.12. The largest absolute Gasteiger partial charge is 0.478 e. The zero-order valence-electron chi connectivity index (χ0n) is 16.1. The molecule has 1 aliphatic rings. The fraction of sp³-hybridized carbons (Fsp3) is 0.429. The van der Waals surface area contributed by atoms with E-state index in [1.165, 1.54) is 24.1 Å². The average Bonchev–Trinajstić information content (AvgIpc) is 3.21.